The Morgan fingerprint density at radius 1 is 0.826 bits per heavy atom. The lowest BCUT2D eigenvalue weighted by Crippen LogP contribution is -2.13. The van der Waals surface area contributed by atoms with Gasteiger partial charge in [-0.15, -0.1) is 0 Å². The predicted molar refractivity (Wildman–Crippen MR) is 94.5 cm³/mol. The van der Waals surface area contributed by atoms with Gasteiger partial charge >= 0.3 is 5.97 Å². The summed E-state index contributed by atoms with van der Waals surface area (Å²) in [5.41, 5.74) is 0. The van der Waals surface area contributed by atoms with Crippen molar-refractivity contribution in [1.82, 2.24) is 0 Å². The van der Waals surface area contributed by atoms with E-state index in [1.807, 2.05) is 0 Å². The van der Waals surface area contributed by atoms with Gasteiger partial charge in [-0.25, -0.2) is 0 Å². The van der Waals surface area contributed by atoms with E-state index in [0.29, 0.717) is 12.8 Å². The van der Waals surface area contributed by atoms with Gasteiger partial charge in [-0.3, -0.25) is 4.79 Å². The Morgan fingerprint density at radius 2 is 1.39 bits per heavy atom. The molecule has 0 aliphatic rings. The highest BCUT2D eigenvalue weighted by Crippen LogP contribution is 2.14. The first kappa shape index (κ1) is 22.1. The molecule has 0 spiro atoms. The molecule has 4 nitrogen and oxygen atoms in total. The van der Waals surface area contributed by atoms with Crippen LogP contribution in [-0.4, -0.2) is 33.5 Å². The first-order chi connectivity index (χ1) is 11.1. The molecule has 0 radical (unpaired) electrons. The molecule has 0 aromatic rings. The molecule has 0 aliphatic carbocycles. The van der Waals surface area contributed by atoms with E-state index in [2.05, 4.69) is 19.1 Å². The Balaban J connectivity index is 3.41. The Bertz CT molecular complexity index is 302. The molecule has 0 heterocycles. The molecule has 23 heavy (non-hydrogen) atoms. The fourth-order valence-corrected chi connectivity index (χ4v) is 2.55. The molecule has 0 unspecified atom stereocenters. The van der Waals surface area contributed by atoms with E-state index in [0.717, 1.165) is 64.2 Å². The molecule has 0 amide bonds. The van der Waals surface area contributed by atoms with Crippen LogP contribution < -0.4 is 0 Å². The quantitative estimate of drug-likeness (QED) is 0.289. The minimum Gasteiger partial charge on any atom is -0.481 e. The zero-order valence-electron chi connectivity index (χ0n) is 14.8. The molecule has 0 rings (SSSR count). The summed E-state index contributed by atoms with van der Waals surface area (Å²) in [6.45, 7) is 2.15. The van der Waals surface area contributed by atoms with Gasteiger partial charge in [-0.05, 0) is 44.9 Å². The van der Waals surface area contributed by atoms with Crippen LogP contribution >= 0.6 is 0 Å². The monoisotopic (exact) mass is 328 g/mol. The second-order valence-electron chi connectivity index (χ2n) is 6.42. The molecule has 0 bridgehead atoms. The van der Waals surface area contributed by atoms with Gasteiger partial charge in [0.2, 0.25) is 0 Å². The van der Waals surface area contributed by atoms with E-state index in [1.54, 1.807) is 0 Å². The lowest BCUT2D eigenvalue weighted by molar-refractivity contribution is -0.137. The van der Waals surface area contributed by atoms with Crippen LogP contribution in [0, 0.1) is 0 Å². The number of unbranched alkanes of at least 4 members (excludes halogenated alkanes) is 5. The van der Waals surface area contributed by atoms with Crippen LogP contribution in [-0.2, 0) is 4.79 Å². The van der Waals surface area contributed by atoms with Crippen LogP contribution in [0.2, 0.25) is 0 Å². The number of rotatable bonds is 16. The molecule has 0 saturated carbocycles. The highest BCUT2D eigenvalue weighted by Gasteiger charge is 2.08. The van der Waals surface area contributed by atoms with E-state index < -0.39 is 5.97 Å². The maximum atomic E-state index is 10.4. The van der Waals surface area contributed by atoms with Crippen LogP contribution in [0.25, 0.3) is 0 Å². The summed E-state index contributed by atoms with van der Waals surface area (Å²) in [5.74, 6) is -0.722. The van der Waals surface area contributed by atoms with Gasteiger partial charge in [0.15, 0.2) is 0 Å². The number of aliphatic hydroxyl groups excluding tert-OH is 2. The second kappa shape index (κ2) is 16.0. The first-order valence-electron chi connectivity index (χ1n) is 9.29. The fourth-order valence-electron chi connectivity index (χ4n) is 2.55. The van der Waals surface area contributed by atoms with Crippen molar-refractivity contribution in [2.24, 2.45) is 0 Å². The molecule has 136 valence electrons. The molecule has 0 fully saturated rings. The minimum absolute atomic E-state index is 0.258. The fraction of sp³-hybridized carbons (Fsp3) is 0.842. The summed E-state index contributed by atoms with van der Waals surface area (Å²) >= 11 is 0. The normalized spacial score (nSPS) is 14.2. The van der Waals surface area contributed by atoms with Gasteiger partial charge in [0.1, 0.15) is 0 Å². The van der Waals surface area contributed by atoms with E-state index in [4.69, 9.17) is 5.11 Å². The van der Waals surface area contributed by atoms with Gasteiger partial charge in [0.05, 0.1) is 12.2 Å². The Labute approximate surface area is 141 Å². The summed E-state index contributed by atoms with van der Waals surface area (Å²) in [6.07, 6.45) is 14.7. The summed E-state index contributed by atoms with van der Waals surface area (Å²) < 4.78 is 0. The highest BCUT2D eigenvalue weighted by molar-refractivity contribution is 5.66. The van der Waals surface area contributed by atoms with Crippen LogP contribution in [0.3, 0.4) is 0 Å². The number of carboxylic acids is 1. The van der Waals surface area contributed by atoms with Crippen LogP contribution in [0.1, 0.15) is 90.4 Å². The standard InChI is InChI=1S/C19H36O4/c1-2-3-4-6-9-12-17(20)15-16-18(21)13-10-7-5-8-11-14-19(22)23/h4,6,17-18,20-21H,2-3,5,7-16H2,1H3,(H,22,23)/b6-4+/t17-,18+/m0/s1. The Kier molecular flexibility index (Phi) is 15.4. The van der Waals surface area contributed by atoms with Crippen molar-refractivity contribution < 1.29 is 20.1 Å². The highest BCUT2D eigenvalue weighted by atomic mass is 16.4. The number of aliphatic carboxylic acids is 1. The number of hydrogen-bond donors (Lipinski definition) is 3. The maximum Gasteiger partial charge on any atom is 0.303 e. The van der Waals surface area contributed by atoms with Crippen molar-refractivity contribution in [2.45, 2.75) is 103 Å². The summed E-state index contributed by atoms with van der Waals surface area (Å²) in [5, 5.41) is 28.3. The van der Waals surface area contributed by atoms with Crippen LogP contribution in [0.15, 0.2) is 12.2 Å². The summed E-state index contributed by atoms with van der Waals surface area (Å²) in [7, 11) is 0. The zero-order valence-corrected chi connectivity index (χ0v) is 14.8. The summed E-state index contributed by atoms with van der Waals surface area (Å²) in [6, 6.07) is 0. The van der Waals surface area contributed by atoms with E-state index in [1.165, 1.54) is 0 Å². The van der Waals surface area contributed by atoms with E-state index in [-0.39, 0.29) is 18.6 Å². The topological polar surface area (TPSA) is 77.8 Å². The van der Waals surface area contributed by atoms with Gasteiger partial charge in [0, 0.05) is 6.42 Å². The van der Waals surface area contributed by atoms with Gasteiger partial charge in [-0.1, -0.05) is 51.2 Å². The third-order valence-corrected chi connectivity index (χ3v) is 4.05. The molecule has 4 heteroatoms. The lowest BCUT2D eigenvalue weighted by Gasteiger charge is -2.13. The Morgan fingerprint density at radius 3 is 2.04 bits per heavy atom. The number of allylic oxidation sites excluding steroid dienone is 2. The first-order valence-corrected chi connectivity index (χ1v) is 9.29. The van der Waals surface area contributed by atoms with Gasteiger partial charge < -0.3 is 15.3 Å². The smallest absolute Gasteiger partial charge is 0.303 e. The van der Waals surface area contributed by atoms with Crippen molar-refractivity contribution in [1.29, 1.82) is 0 Å². The number of hydrogen-bond acceptors (Lipinski definition) is 3. The lowest BCUT2D eigenvalue weighted by atomic mass is 10.0. The maximum absolute atomic E-state index is 10.4. The third-order valence-electron chi connectivity index (χ3n) is 4.05. The average molecular weight is 328 g/mol. The minimum atomic E-state index is -0.722. The zero-order chi connectivity index (χ0) is 17.3. The van der Waals surface area contributed by atoms with E-state index in [9.17, 15) is 15.0 Å². The second-order valence-corrected chi connectivity index (χ2v) is 6.42. The molecule has 3 N–H and O–H groups in total. The molecule has 0 aliphatic heterocycles. The molecule has 2 atom stereocenters. The van der Waals surface area contributed by atoms with E-state index >= 15 is 0 Å². The SMILES string of the molecule is CCC/C=C/CC[C@H](O)CC[C@H](O)CCCCCCCC(=O)O. The molecule has 0 aromatic carbocycles. The number of carboxylic acid groups (broad SMARTS) is 1. The summed E-state index contributed by atoms with van der Waals surface area (Å²) in [4.78, 5) is 10.4. The van der Waals surface area contributed by atoms with Gasteiger partial charge in [0.25, 0.3) is 0 Å². The molecular weight excluding hydrogens is 292 g/mol. The number of carbonyl (C=O) groups is 1. The van der Waals surface area contributed by atoms with Crippen molar-refractivity contribution in [2.75, 3.05) is 0 Å². The third kappa shape index (κ3) is 17.3. The van der Waals surface area contributed by atoms with Crippen molar-refractivity contribution in [3.8, 4) is 0 Å². The predicted octanol–water partition coefficient (Wildman–Crippen LogP) is 4.44. The largest absolute Gasteiger partial charge is 0.481 e. The van der Waals surface area contributed by atoms with Crippen LogP contribution in [0.4, 0.5) is 0 Å². The Hall–Kier alpha value is -0.870. The van der Waals surface area contributed by atoms with Crippen molar-refractivity contribution >= 4 is 5.97 Å². The average Bonchev–Trinajstić information content (AvgIpc) is 2.51. The molecule has 0 aromatic heterocycles. The molecular formula is C19H36O4. The van der Waals surface area contributed by atoms with Crippen molar-refractivity contribution in [3.05, 3.63) is 12.2 Å². The van der Waals surface area contributed by atoms with Crippen molar-refractivity contribution in [3.63, 3.8) is 0 Å². The van der Waals surface area contributed by atoms with Crippen LogP contribution in [0.5, 0.6) is 0 Å². The number of aliphatic hydroxyl groups is 2. The molecule has 0 saturated heterocycles. The van der Waals surface area contributed by atoms with Gasteiger partial charge in [-0.2, -0.15) is 0 Å².